The fourth-order valence-electron chi connectivity index (χ4n) is 2.92. The Hall–Kier alpha value is -2.48. The number of likely N-dealkylation sites (tertiary alicyclic amines) is 1. The van der Waals surface area contributed by atoms with Gasteiger partial charge >= 0.3 is 0 Å². The summed E-state index contributed by atoms with van der Waals surface area (Å²) in [5, 5.41) is -0.471. The Morgan fingerprint density at radius 2 is 2.00 bits per heavy atom. The third-order valence-corrected chi connectivity index (χ3v) is 6.72. The molecule has 1 amide bonds. The first kappa shape index (κ1) is 19.3. The second-order valence-electron chi connectivity index (χ2n) is 6.83. The first-order chi connectivity index (χ1) is 12.9. The van der Waals surface area contributed by atoms with Crippen molar-refractivity contribution in [1.29, 1.82) is 0 Å². The number of hydrogen-bond donors (Lipinski definition) is 0. The predicted octanol–water partition coefficient (Wildman–Crippen LogP) is 1.88. The molecule has 0 aliphatic carbocycles. The highest BCUT2D eigenvalue weighted by atomic mass is 32.2. The van der Waals surface area contributed by atoms with Crippen LogP contribution in [0.2, 0.25) is 0 Å². The van der Waals surface area contributed by atoms with Crippen LogP contribution in [0.3, 0.4) is 0 Å². The topological polar surface area (TPSA) is 89.5 Å². The molecule has 27 heavy (non-hydrogen) atoms. The minimum Gasteiger partial charge on any atom is -0.471 e. The van der Waals surface area contributed by atoms with Crippen molar-refractivity contribution < 1.29 is 17.9 Å². The maximum absolute atomic E-state index is 12.5. The molecule has 1 aromatic heterocycles. The van der Waals surface area contributed by atoms with E-state index in [2.05, 4.69) is 9.97 Å². The molecule has 7 nitrogen and oxygen atoms in total. The smallest absolute Gasteiger partial charge is 0.232 e. The molecule has 144 valence electrons. The van der Waals surface area contributed by atoms with Gasteiger partial charge in [-0.3, -0.25) is 9.78 Å². The zero-order chi connectivity index (χ0) is 19.4. The van der Waals surface area contributed by atoms with E-state index in [9.17, 15) is 13.2 Å². The van der Waals surface area contributed by atoms with E-state index in [0.717, 1.165) is 12.0 Å². The lowest BCUT2D eigenvalue weighted by atomic mass is 10.1. The third-order valence-electron chi connectivity index (χ3n) is 4.55. The maximum Gasteiger partial charge on any atom is 0.232 e. The maximum atomic E-state index is 12.5. The second kappa shape index (κ2) is 8.04. The van der Waals surface area contributed by atoms with E-state index in [1.165, 1.54) is 0 Å². The molecule has 8 heteroatoms. The van der Waals surface area contributed by atoms with Crippen molar-refractivity contribution in [3.8, 4) is 5.88 Å². The number of sulfone groups is 1. The van der Waals surface area contributed by atoms with Crippen LogP contribution in [0, 0.1) is 0 Å². The zero-order valence-electron chi connectivity index (χ0n) is 15.4. The van der Waals surface area contributed by atoms with Gasteiger partial charge in [-0.25, -0.2) is 13.4 Å². The highest BCUT2D eigenvalue weighted by Crippen LogP contribution is 2.19. The standard InChI is InChI=1S/C19H23N3O4S/c1-14(2)27(24,25)17-5-3-15(4-6-17)11-19(23)22-10-7-16(13-22)26-18-12-20-8-9-21-18/h3-6,8-9,12,14,16H,7,10-11,13H2,1-2H3/t16-/m0/s1. The lowest BCUT2D eigenvalue weighted by Gasteiger charge is -2.17. The van der Waals surface area contributed by atoms with Crippen LogP contribution in [0.25, 0.3) is 0 Å². The van der Waals surface area contributed by atoms with E-state index < -0.39 is 15.1 Å². The van der Waals surface area contributed by atoms with Crippen LogP contribution in [-0.4, -0.2) is 53.6 Å². The van der Waals surface area contributed by atoms with E-state index in [0.29, 0.717) is 19.0 Å². The van der Waals surface area contributed by atoms with Gasteiger partial charge in [-0.05, 0) is 31.5 Å². The van der Waals surface area contributed by atoms with Gasteiger partial charge in [0.1, 0.15) is 6.10 Å². The molecular formula is C19H23N3O4S. The lowest BCUT2D eigenvalue weighted by molar-refractivity contribution is -0.129. The number of amides is 1. The average Bonchev–Trinajstić information content (AvgIpc) is 3.11. The van der Waals surface area contributed by atoms with Gasteiger partial charge in [0.15, 0.2) is 9.84 Å². The summed E-state index contributed by atoms with van der Waals surface area (Å²) in [6.07, 6.45) is 5.58. The largest absolute Gasteiger partial charge is 0.471 e. The summed E-state index contributed by atoms with van der Waals surface area (Å²) in [7, 11) is -3.30. The summed E-state index contributed by atoms with van der Waals surface area (Å²) >= 11 is 0. The summed E-state index contributed by atoms with van der Waals surface area (Å²) in [5.74, 6) is 0.457. The van der Waals surface area contributed by atoms with Crippen molar-refractivity contribution in [3.63, 3.8) is 0 Å². The van der Waals surface area contributed by atoms with E-state index in [-0.39, 0.29) is 23.3 Å². The van der Waals surface area contributed by atoms with E-state index in [1.807, 2.05) is 0 Å². The summed E-state index contributed by atoms with van der Waals surface area (Å²) < 4.78 is 30.1. The summed E-state index contributed by atoms with van der Waals surface area (Å²) in [5.41, 5.74) is 0.793. The SMILES string of the molecule is CC(C)S(=O)(=O)c1ccc(CC(=O)N2CC[C@H](Oc3cnccn3)C2)cc1. The van der Waals surface area contributed by atoms with Crippen LogP contribution in [0.1, 0.15) is 25.8 Å². The highest BCUT2D eigenvalue weighted by molar-refractivity contribution is 7.92. The van der Waals surface area contributed by atoms with Crippen molar-refractivity contribution >= 4 is 15.7 Å². The van der Waals surface area contributed by atoms with Gasteiger partial charge in [-0.2, -0.15) is 0 Å². The Labute approximate surface area is 159 Å². The number of aromatic nitrogens is 2. The zero-order valence-corrected chi connectivity index (χ0v) is 16.2. The van der Waals surface area contributed by atoms with Crippen molar-refractivity contribution in [2.24, 2.45) is 0 Å². The van der Waals surface area contributed by atoms with Crippen LogP contribution in [0.5, 0.6) is 5.88 Å². The van der Waals surface area contributed by atoms with E-state index >= 15 is 0 Å². The van der Waals surface area contributed by atoms with Gasteiger partial charge in [-0.15, -0.1) is 0 Å². The third kappa shape index (κ3) is 4.63. The number of hydrogen-bond acceptors (Lipinski definition) is 6. The first-order valence-electron chi connectivity index (χ1n) is 8.89. The fourth-order valence-corrected chi connectivity index (χ4v) is 3.98. The molecule has 0 bridgehead atoms. The Morgan fingerprint density at radius 3 is 2.63 bits per heavy atom. The minimum atomic E-state index is -3.30. The van der Waals surface area contributed by atoms with Gasteiger partial charge in [0, 0.05) is 25.4 Å². The Morgan fingerprint density at radius 1 is 1.26 bits per heavy atom. The molecule has 0 radical (unpaired) electrons. The van der Waals surface area contributed by atoms with Gasteiger partial charge in [-0.1, -0.05) is 12.1 Å². The molecule has 2 aromatic rings. The molecule has 1 atom stereocenters. The van der Waals surface area contributed by atoms with Crippen molar-refractivity contribution in [2.75, 3.05) is 13.1 Å². The number of nitrogens with zero attached hydrogens (tertiary/aromatic N) is 3. The van der Waals surface area contributed by atoms with Crippen LogP contribution in [0.4, 0.5) is 0 Å². The Bertz CT molecular complexity index is 883. The normalized spacial score (nSPS) is 17.3. The number of carbonyl (C=O) groups is 1. The molecule has 1 fully saturated rings. The Balaban J connectivity index is 1.56. The average molecular weight is 389 g/mol. The van der Waals surface area contributed by atoms with E-state index in [1.54, 1.807) is 61.6 Å². The molecule has 1 aliphatic heterocycles. The number of rotatable bonds is 6. The summed E-state index contributed by atoms with van der Waals surface area (Å²) in [6.45, 7) is 4.44. The first-order valence-corrected chi connectivity index (χ1v) is 10.4. The molecule has 0 saturated carbocycles. The monoisotopic (exact) mass is 389 g/mol. The quantitative estimate of drug-likeness (QED) is 0.749. The lowest BCUT2D eigenvalue weighted by Crippen LogP contribution is -2.32. The fraction of sp³-hybridized carbons (Fsp3) is 0.421. The van der Waals surface area contributed by atoms with Gasteiger partial charge in [0.2, 0.25) is 11.8 Å². The molecule has 1 saturated heterocycles. The van der Waals surface area contributed by atoms with Crippen LogP contribution >= 0.6 is 0 Å². The summed E-state index contributed by atoms with van der Waals surface area (Å²) in [4.78, 5) is 22.6. The molecule has 1 aromatic carbocycles. The number of carbonyl (C=O) groups excluding carboxylic acids is 1. The van der Waals surface area contributed by atoms with Crippen molar-refractivity contribution in [2.45, 2.75) is 42.9 Å². The highest BCUT2D eigenvalue weighted by Gasteiger charge is 2.28. The minimum absolute atomic E-state index is 0.000266. The van der Waals surface area contributed by atoms with Gasteiger partial charge in [0.25, 0.3) is 0 Å². The van der Waals surface area contributed by atoms with Crippen LogP contribution < -0.4 is 4.74 Å². The second-order valence-corrected chi connectivity index (χ2v) is 9.33. The molecule has 0 unspecified atom stereocenters. The van der Waals surface area contributed by atoms with Gasteiger partial charge < -0.3 is 9.64 Å². The molecule has 0 spiro atoms. The van der Waals surface area contributed by atoms with Crippen LogP contribution in [-0.2, 0) is 21.1 Å². The van der Waals surface area contributed by atoms with Crippen LogP contribution in [0.15, 0.2) is 47.8 Å². The molecular weight excluding hydrogens is 366 g/mol. The number of ether oxygens (including phenoxy) is 1. The molecule has 1 aliphatic rings. The van der Waals surface area contributed by atoms with Crippen molar-refractivity contribution in [1.82, 2.24) is 14.9 Å². The Kier molecular flexibility index (Phi) is 5.74. The summed E-state index contributed by atoms with van der Waals surface area (Å²) in [6, 6.07) is 6.55. The number of benzene rings is 1. The molecule has 0 N–H and O–H groups in total. The molecule has 2 heterocycles. The molecule has 3 rings (SSSR count). The van der Waals surface area contributed by atoms with Crippen molar-refractivity contribution in [3.05, 3.63) is 48.4 Å². The predicted molar refractivity (Wildman–Crippen MR) is 100 cm³/mol. The van der Waals surface area contributed by atoms with Gasteiger partial charge in [0.05, 0.1) is 29.3 Å². The van der Waals surface area contributed by atoms with E-state index in [4.69, 9.17) is 4.74 Å².